The van der Waals surface area contributed by atoms with E-state index in [1.165, 1.54) is 12.4 Å². The molecule has 14 heavy (non-hydrogen) atoms. The molecule has 0 aliphatic carbocycles. The van der Waals surface area contributed by atoms with Crippen LogP contribution in [0.25, 0.3) is 0 Å². The van der Waals surface area contributed by atoms with Crippen molar-refractivity contribution in [3.05, 3.63) is 12.4 Å². The molecule has 0 aromatic carbocycles. The highest BCUT2D eigenvalue weighted by Crippen LogP contribution is 2.23. The lowest BCUT2D eigenvalue weighted by Crippen LogP contribution is -2.01. The summed E-state index contributed by atoms with van der Waals surface area (Å²) < 4.78 is 5.18. The second-order valence-electron chi connectivity index (χ2n) is 2.28. The number of carboxylic acids is 1. The molecule has 6 heteroatoms. The molecular weight excluding hydrogens is 204 g/mol. The van der Waals surface area contributed by atoms with Crippen molar-refractivity contribution in [1.82, 2.24) is 9.97 Å². The average molecular weight is 214 g/mol. The highest BCUT2D eigenvalue weighted by Gasteiger charge is 2.08. The van der Waals surface area contributed by atoms with Gasteiger partial charge in [-0.25, -0.2) is 9.97 Å². The largest absolute Gasteiger partial charge is 0.481 e. The predicted molar refractivity (Wildman–Crippen MR) is 51.6 cm³/mol. The summed E-state index contributed by atoms with van der Waals surface area (Å²) in [5.74, 6) is -0.539. The molecule has 0 saturated carbocycles. The molecule has 0 saturated heterocycles. The molecule has 0 atom stereocenters. The summed E-state index contributed by atoms with van der Waals surface area (Å²) in [5, 5.41) is 9.00. The van der Waals surface area contributed by atoms with Gasteiger partial charge in [-0.2, -0.15) is 0 Å². The zero-order valence-electron chi connectivity index (χ0n) is 7.64. The molecule has 1 N–H and O–H groups in total. The Morgan fingerprint density at radius 3 is 2.93 bits per heavy atom. The van der Waals surface area contributed by atoms with E-state index < -0.39 is 5.97 Å². The summed E-state index contributed by atoms with van der Waals surface area (Å²) >= 11 is 1.10. The minimum Gasteiger partial charge on any atom is -0.481 e. The summed E-state index contributed by atoms with van der Waals surface area (Å²) in [6.07, 6.45) is 3.02. The van der Waals surface area contributed by atoms with Gasteiger partial charge in [-0.15, -0.1) is 0 Å². The second-order valence-corrected chi connectivity index (χ2v) is 3.25. The minimum absolute atomic E-state index is 0.0429. The van der Waals surface area contributed by atoms with Crippen molar-refractivity contribution in [3.63, 3.8) is 0 Å². The fraction of sp³-hybridized carbons (Fsp3) is 0.375. The topological polar surface area (TPSA) is 72.3 Å². The molecule has 5 nitrogen and oxygen atoms in total. The lowest BCUT2D eigenvalue weighted by molar-refractivity contribution is -0.133. The van der Waals surface area contributed by atoms with Crippen LogP contribution in [0.1, 0.15) is 6.92 Å². The fourth-order valence-corrected chi connectivity index (χ4v) is 1.41. The maximum absolute atomic E-state index is 10.3. The van der Waals surface area contributed by atoms with Crippen molar-refractivity contribution in [2.45, 2.75) is 11.9 Å². The molecule has 1 heterocycles. The van der Waals surface area contributed by atoms with Crippen LogP contribution in [0.5, 0.6) is 5.88 Å². The van der Waals surface area contributed by atoms with Crippen LogP contribution >= 0.6 is 11.8 Å². The first-order valence-electron chi connectivity index (χ1n) is 4.02. The standard InChI is InChI=1S/C8H10N2O3S/c1-2-13-7-8(10-4-3-9-7)14-5-6(11)12/h3-4H,2,5H2,1H3,(H,11,12). The highest BCUT2D eigenvalue weighted by molar-refractivity contribution is 8.00. The van der Waals surface area contributed by atoms with E-state index in [9.17, 15) is 4.79 Å². The number of rotatable bonds is 5. The zero-order chi connectivity index (χ0) is 10.4. The lowest BCUT2D eigenvalue weighted by atomic mass is 10.7. The second kappa shape index (κ2) is 5.43. The van der Waals surface area contributed by atoms with Crippen LogP contribution in [-0.4, -0.2) is 33.4 Å². The van der Waals surface area contributed by atoms with Gasteiger partial charge in [0, 0.05) is 12.4 Å². The number of hydrogen-bond acceptors (Lipinski definition) is 5. The Bertz CT molecular complexity index is 319. The van der Waals surface area contributed by atoms with E-state index in [0.29, 0.717) is 17.5 Å². The van der Waals surface area contributed by atoms with Crippen LogP contribution < -0.4 is 4.74 Å². The van der Waals surface area contributed by atoms with E-state index in [-0.39, 0.29) is 5.75 Å². The molecule has 1 aromatic rings. The number of aliphatic carboxylic acids is 1. The van der Waals surface area contributed by atoms with E-state index >= 15 is 0 Å². The Morgan fingerprint density at radius 1 is 1.57 bits per heavy atom. The van der Waals surface area contributed by atoms with Gasteiger partial charge in [0.15, 0.2) is 5.03 Å². The van der Waals surface area contributed by atoms with E-state index in [0.717, 1.165) is 11.8 Å². The van der Waals surface area contributed by atoms with Crippen LogP contribution in [-0.2, 0) is 4.79 Å². The van der Waals surface area contributed by atoms with Crippen molar-refractivity contribution >= 4 is 17.7 Å². The third-order valence-corrected chi connectivity index (χ3v) is 2.19. The quantitative estimate of drug-likeness (QED) is 0.739. The fourth-order valence-electron chi connectivity index (χ4n) is 0.777. The molecule has 0 aliphatic rings. The molecule has 76 valence electrons. The molecule has 1 rings (SSSR count). The third kappa shape index (κ3) is 3.21. The summed E-state index contributed by atoms with van der Waals surface area (Å²) in [6, 6.07) is 0. The summed E-state index contributed by atoms with van der Waals surface area (Å²) in [7, 11) is 0. The van der Waals surface area contributed by atoms with Crippen molar-refractivity contribution in [3.8, 4) is 5.88 Å². The van der Waals surface area contributed by atoms with Crippen LogP contribution in [0.2, 0.25) is 0 Å². The lowest BCUT2D eigenvalue weighted by Gasteiger charge is -2.05. The number of hydrogen-bond donors (Lipinski definition) is 1. The van der Waals surface area contributed by atoms with Gasteiger partial charge < -0.3 is 9.84 Å². The first-order chi connectivity index (χ1) is 6.74. The van der Waals surface area contributed by atoms with Crippen molar-refractivity contribution in [2.24, 2.45) is 0 Å². The number of carboxylic acid groups (broad SMARTS) is 1. The van der Waals surface area contributed by atoms with E-state index in [4.69, 9.17) is 9.84 Å². The molecule has 0 radical (unpaired) electrons. The zero-order valence-corrected chi connectivity index (χ0v) is 8.45. The SMILES string of the molecule is CCOc1nccnc1SCC(=O)O. The smallest absolute Gasteiger partial charge is 0.313 e. The predicted octanol–water partition coefficient (Wildman–Crippen LogP) is 1.05. The Labute approximate surface area is 85.5 Å². The van der Waals surface area contributed by atoms with E-state index in [1.54, 1.807) is 0 Å². The van der Waals surface area contributed by atoms with Crippen LogP contribution in [0.3, 0.4) is 0 Å². The van der Waals surface area contributed by atoms with Gasteiger partial charge in [-0.1, -0.05) is 11.8 Å². The van der Waals surface area contributed by atoms with Crippen molar-refractivity contribution < 1.29 is 14.6 Å². The number of carbonyl (C=O) groups is 1. The molecule has 0 bridgehead atoms. The van der Waals surface area contributed by atoms with Gasteiger partial charge in [-0.05, 0) is 6.92 Å². The Balaban J connectivity index is 2.68. The Morgan fingerprint density at radius 2 is 2.29 bits per heavy atom. The third-order valence-electron chi connectivity index (χ3n) is 1.25. The number of thioether (sulfide) groups is 1. The molecule has 1 aromatic heterocycles. The normalized spacial score (nSPS) is 9.79. The first kappa shape index (κ1) is 10.8. The van der Waals surface area contributed by atoms with E-state index in [2.05, 4.69) is 9.97 Å². The summed E-state index contributed by atoms with van der Waals surface area (Å²) in [6.45, 7) is 2.32. The molecule has 0 unspecified atom stereocenters. The molecule has 0 amide bonds. The molecule has 0 fully saturated rings. The number of nitrogens with zero attached hydrogens (tertiary/aromatic N) is 2. The van der Waals surface area contributed by atoms with Gasteiger partial charge in [-0.3, -0.25) is 4.79 Å². The van der Waals surface area contributed by atoms with Gasteiger partial charge in [0.1, 0.15) is 0 Å². The van der Waals surface area contributed by atoms with Gasteiger partial charge in [0.05, 0.1) is 12.4 Å². The van der Waals surface area contributed by atoms with Gasteiger partial charge >= 0.3 is 5.97 Å². The summed E-state index contributed by atoms with van der Waals surface area (Å²) in [4.78, 5) is 18.3. The molecular formula is C8H10N2O3S. The highest BCUT2D eigenvalue weighted by atomic mass is 32.2. The average Bonchev–Trinajstić information content (AvgIpc) is 2.17. The first-order valence-corrected chi connectivity index (χ1v) is 5.01. The number of aromatic nitrogens is 2. The van der Waals surface area contributed by atoms with Gasteiger partial charge in [0.2, 0.25) is 5.88 Å². The Kier molecular flexibility index (Phi) is 4.18. The van der Waals surface area contributed by atoms with Crippen molar-refractivity contribution in [1.29, 1.82) is 0 Å². The minimum atomic E-state index is -0.886. The molecule has 0 spiro atoms. The maximum Gasteiger partial charge on any atom is 0.313 e. The van der Waals surface area contributed by atoms with Crippen LogP contribution in [0.4, 0.5) is 0 Å². The summed E-state index contributed by atoms with van der Waals surface area (Å²) in [5.41, 5.74) is 0. The Hall–Kier alpha value is -1.30. The molecule has 0 aliphatic heterocycles. The van der Waals surface area contributed by atoms with Crippen molar-refractivity contribution in [2.75, 3.05) is 12.4 Å². The van der Waals surface area contributed by atoms with Crippen LogP contribution in [0, 0.1) is 0 Å². The number of ether oxygens (including phenoxy) is 1. The van der Waals surface area contributed by atoms with E-state index in [1.807, 2.05) is 6.92 Å². The monoisotopic (exact) mass is 214 g/mol. The van der Waals surface area contributed by atoms with Crippen LogP contribution in [0.15, 0.2) is 17.4 Å². The maximum atomic E-state index is 10.3. The van der Waals surface area contributed by atoms with Gasteiger partial charge in [0.25, 0.3) is 0 Å².